The molecule has 19 heavy (non-hydrogen) atoms. The number of hydrogen-bond donors (Lipinski definition) is 1. The van der Waals surface area contributed by atoms with Gasteiger partial charge >= 0.3 is 0 Å². The van der Waals surface area contributed by atoms with E-state index >= 15 is 0 Å². The standard InChI is InChI=1S/C13H17N3OS2/c1-9(2)16-11(6-7-14-16)15-13(17)10(3)19-12-5-4-8-18-12/h4-10H,1-3H3,(H,15,17). The van der Waals surface area contributed by atoms with Gasteiger partial charge in [-0.25, -0.2) is 4.68 Å². The summed E-state index contributed by atoms with van der Waals surface area (Å²) in [6, 6.07) is 6.06. The molecule has 1 N–H and O–H groups in total. The predicted octanol–water partition coefficient (Wildman–Crippen LogP) is 3.64. The quantitative estimate of drug-likeness (QED) is 0.857. The van der Waals surface area contributed by atoms with E-state index in [1.54, 1.807) is 34.0 Å². The third kappa shape index (κ3) is 3.61. The first-order valence-electron chi connectivity index (χ1n) is 6.12. The number of carbonyl (C=O) groups is 1. The molecule has 0 saturated heterocycles. The van der Waals surface area contributed by atoms with Gasteiger partial charge in [-0.2, -0.15) is 5.10 Å². The van der Waals surface area contributed by atoms with Gasteiger partial charge in [0.25, 0.3) is 0 Å². The topological polar surface area (TPSA) is 46.9 Å². The maximum Gasteiger partial charge on any atom is 0.238 e. The van der Waals surface area contributed by atoms with Gasteiger partial charge in [-0.05, 0) is 32.2 Å². The van der Waals surface area contributed by atoms with Crippen LogP contribution in [0.2, 0.25) is 0 Å². The van der Waals surface area contributed by atoms with Crippen molar-refractivity contribution in [1.82, 2.24) is 9.78 Å². The SMILES string of the molecule is CC(Sc1cccs1)C(=O)Nc1ccnn1C(C)C. The number of aromatic nitrogens is 2. The number of thioether (sulfide) groups is 1. The molecule has 1 unspecified atom stereocenters. The lowest BCUT2D eigenvalue weighted by atomic mass is 10.4. The molecule has 0 fully saturated rings. The van der Waals surface area contributed by atoms with Crippen LogP contribution in [0.3, 0.4) is 0 Å². The minimum Gasteiger partial charge on any atom is -0.310 e. The Bertz CT molecular complexity index is 534. The Morgan fingerprint density at radius 2 is 2.21 bits per heavy atom. The van der Waals surface area contributed by atoms with E-state index in [1.165, 1.54) is 0 Å². The number of thiophene rings is 1. The summed E-state index contributed by atoms with van der Waals surface area (Å²) in [7, 11) is 0. The second-order valence-corrected chi connectivity index (χ2v) is 7.02. The summed E-state index contributed by atoms with van der Waals surface area (Å²) >= 11 is 3.22. The van der Waals surface area contributed by atoms with E-state index in [9.17, 15) is 4.79 Å². The van der Waals surface area contributed by atoms with Crippen LogP contribution in [-0.4, -0.2) is 20.9 Å². The van der Waals surface area contributed by atoms with Crippen LogP contribution in [0.4, 0.5) is 5.82 Å². The van der Waals surface area contributed by atoms with Gasteiger partial charge in [0.2, 0.25) is 5.91 Å². The smallest absolute Gasteiger partial charge is 0.238 e. The Morgan fingerprint density at radius 1 is 1.42 bits per heavy atom. The Balaban J connectivity index is 1.98. The second-order valence-electron chi connectivity index (χ2n) is 4.44. The van der Waals surface area contributed by atoms with Gasteiger partial charge in [0.15, 0.2) is 0 Å². The summed E-state index contributed by atoms with van der Waals surface area (Å²) in [5, 5.41) is 9.01. The third-order valence-corrected chi connectivity index (χ3v) is 4.74. The van der Waals surface area contributed by atoms with Crippen molar-refractivity contribution < 1.29 is 4.79 Å². The lowest BCUT2D eigenvalue weighted by Gasteiger charge is -2.14. The highest BCUT2D eigenvalue weighted by molar-refractivity contribution is 8.02. The number of rotatable bonds is 5. The maximum atomic E-state index is 12.1. The molecule has 2 aromatic rings. The Kier molecular flexibility index (Phi) is 4.66. The van der Waals surface area contributed by atoms with Crippen molar-refractivity contribution in [1.29, 1.82) is 0 Å². The zero-order valence-corrected chi connectivity index (χ0v) is 12.8. The minimum absolute atomic E-state index is 0.000741. The molecule has 4 nitrogen and oxygen atoms in total. The highest BCUT2D eigenvalue weighted by atomic mass is 32.2. The van der Waals surface area contributed by atoms with Crippen LogP contribution < -0.4 is 5.32 Å². The van der Waals surface area contributed by atoms with Gasteiger partial charge in [0.1, 0.15) is 5.82 Å². The number of hydrogen-bond acceptors (Lipinski definition) is 4. The van der Waals surface area contributed by atoms with Crippen LogP contribution in [0, 0.1) is 0 Å². The largest absolute Gasteiger partial charge is 0.310 e. The highest BCUT2D eigenvalue weighted by Gasteiger charge is 2.17. The van der Waals surface area contributed by atoms with Crippen LogP contribution in [-0.2, 0) is 4.79 Å². The highest BCUT2D eigenvalue weighted by Crippen LogP contribution is 2.28. The second kappa shape index (κ2) is 6.25. The van der Waals surface area contributed by atoms with Crippen molar-refractivity contribution >= 4 is 34.8 Å². The number of nitrogens with one attached hydrogen (secondary N) is 1. The van der Waals surface area contributed by atoms with Crippen LogP contribution in [0.15, 0.2) is 34.0 Å². The Hall–Kier alpha value is -1.27. The number of carbonyl (C=O) groups excluding carboxylic acids is 1. The van der Waals surface area contributed by atoms with Crippen LogP contribution in [0.1, 0.15) is 26.8 Å². The van der Waals surface area contributed by atoms with E-state index < -0.39 is 0 Å². The van der Waals surface area contributed by atoms with Gasteiger partial charge < -0.3 is 5.32 Å². The molecule has 0 saturated carbocycles. The first-order chi connectivity index (χ1) is 9.08. The molecule has 0 spiro atoms. The summed E-state index contributed by atoms with van der Waals surface area (Å²) in [6.07, 6.45) is 1.70. The van der Waals surface area contributed by atoms with E-state index in [1.807, 2.05) is 44.4 Å². The molecule has 0 aliphatic rings. The van der Waals surface area contributed by atoms with Crippen molar-refractivity contribution in [2.45, 2.75) is 36.3 Å². The average Bonchev–Trinajstić information content (AvgIpc) is 2.99. The molecule has 6 heteroatoms. The number of nitrogens with zero attached hydrogens (tertiary/aromatic N) is 2. The summed E-state index contributed by atoms with van der Waals surface area (Å²) in [6.45, 7) is 5.98. The van der Waals surface area contributed by atoms with E-state index in [-0.39, 0.29) is 17.2 Å². The van der Waals surface area contributed by atoms with E-state index in [0.29, 0.717) is 0 Å². The first-order valence-corrected chi connectivity index (χ1v) is 7.88. The van der Waals surface area contributed by atoms with Gasteiger partial charge in [0.05, 0.1) is 15.7 Å². The van der Waals surface area contributed by atoms with Crippen molar-refractivity contribution in [2.75, 3.05) is 5.32 Å². The molecule has 0 aliphatic carbocycles. The number of amides is 1. The summed E-state index contributed by atoms with van der Waals surface area (Å²) in [4.78, 5) is 12.1. The molecule has 0 radical (unpaired) electrons. The van der Waals surface area contributed by atoms with E-state index in [2.05, 4.69) is 10.4 Å². The average molecular weight is 295 g/mol. The summed E-state index contributed by atoms with van der Waals surface area (Å²) < 4.78 is 2.96. The third-order valence-electron chi connectivity index (χ3n) is 2.57. The molecule has 2 aromatic heterocycles. The molecular weight excluding hydrogens is 278 g/mol. The molecule has 0 bridgehead atoms. The molecule has 2 rings (SSSR count). The molecule has 2 heterocycles. The molecule has 102 valence electrons. The van der Waals surface area contributed by atoms with Gasteiger partial charge in [0, 0.05) is 12.1 Å². The predicted molar refractivity (Wildman–Crippen MR) is 80.9 cm³/mol. The first kappa shape index (κ1) is 14.1. The van der Waals surface area contributed by atoms with Crippen molar-refractivity contribution in [3.8, 4) is 0 Å². The minimum atomic E-state index is -0.130. The molecule has 1 atom stereocenters. The normalized spacial score (nSPS) is 12.6. The summed E-state index contributed by atoms with van der Waals surface area (Å²) in [5.41, 5.74) is 0. The molecule has 1 amide bonds. The fraction of sp³-hybridized carbons (Fsp3) is 0.385. The zero-order chi connectivity index (χ0) is 13.8. The lowest BCUT2D eigenvalue weighted by Crippen LogP contribution is -2.24. The number of anilines is 1. The van der Waals surface area contributed by atoms with Crippen molar-refractivity contribution in [3.05, 3.63) is 29.8 Å². The summed E-state index contributed by atoms with van der Waals surface area (Å²) in [5.74, 6) is 0.749. The van der Waals surface area contributed by atoms with Crippen molar-refractivity contribution in [2.24, 2.45) is 0 Å². The van der Waals surface area contributed by atoms with Gasteiger partial charge in [-0.1, -0.05) is 6.07 Å². The zero-order valence-electron chi connectivity index (χ0n) is 11.2. The van der Waals surface area contributed by atoms with E-state index in [4.69, 9.17) is 0 Å². The van der Waals surface area contributed by atoms with Crippen LogP contribution in [0.25, 0.3) is 0 Å². The fourth-order valence-corrected chi connectivity index (χ4v) is 3.55. The van der Waals surface area contributed by atoms with Gasteiger partial charge in [-0.3, -0.25) is 4.79 Å². The molecule has 0 aromatic carbocycles. The Morgan fingerprint density at radius 3 is 2.84 bits per heavy atom. The molecular formula is C13H17N3OS2. The van der Waals surface area contributed by atoms with Crippen LogP contribution in [0.5, 0.6) is 0 Å². The Labute approximate surface area is 121 Å². The maximum absolute atomic E-state index is 12.1. The van der Waals surface area contributed by atoms with Gasteiger partial charge in [-0.15, -0.1) is 23.1 Å². The van der Waals surface area contributed by atoms with Crippen LogP contribution >= 0.6 is 23.1 Å². The lowest BCUT2D eigenvalue weighted by molar-refractivity contribution is -0.115. The van der Waals surface area contributed by atoms with Crippen molar-refractivity contribution in [3.63, 3.8) is 0 Å². The monoisotopic (exact) mass is 295 g/mol. The van der Waals surface area contributed by atoms with E-state index in [0.717, 1.165) is 10.0 Å². The fourth-order valence-electron chi connectivity index (χ4n) is 1.61. The molecule has 0 aliphatic heterocycles.